The van der Waals surface area contributed by atoms with Gasteiger partial charge in [-0.2, -0.15) is 0 Å². The molecule has 0 bridgehead atoms. The molecule has 0 spiro atoms. The van der Waals surface area contributed by atoms with E-state index in [0.29, 0.717) is 14.7 Å². The standard InChI is InChI=1S/C12H7F2I/c13-10-6-2-1-4-8(10)9-5-3-7-11(15)12(9)14/h1-7H. The summed E-state index contributed by atoms with van der Waals surface area (Å²) in [6, 6.07) is 11.1. The minimum absolute atomic E-state index is 0.300. The van der Waals surface area contributed by atoms with Gasteiger partial charge < -0.3 is 0 Å². The van der Waals surface area contributed by atoms with Crippen LogP contribution in [0.25, 0.3) is 11.1 Å². The predicted molar refractivity (Wildman–Crippen MR) is 64.5 cm³/mol. The van der Waals surface area contributed by atoms with Crippen molar-refractivity contribution in [2.45, 2.75) is 0 Å². The van der Waals surface area contributed by atoms with E-state index in [1.165, 1.54) is 6.07 Å². The first kappa shape index (κ1) is 10.5. The van der Waals surface area contributed by atoms with Crippen LogP contribution in [-0.4, -0.2) is 0 Å². The summed E-state index contributed by atoms with van der Waals surface area (Å²) in [5.74, 6) is -0.776. The van der Waals surface area contributed by atoms with Crippen molar-refractivity contribution < 1.29 is 8.78 Å². The molecule has 0 fully saturated rings. The summed E-state index contributed by atoms with van der Waals surface area (Å²) in [6.45, 7) is 0. The summed E-state index contributed by atoms with van der Waals surface area (Å²) in [7, 11) is 0. The Labute approximate surface area is 100 Å². The topological polar surface area (TPSA) is 0 Å². The van der Waals surface area contributed by atoms with E-state index in [-0.39, 0.29) is 5.82 Å². The van der Waals surface area contributed by atoms with E-state index < -0.39 is 5.82 Å². The zero-order valence-electron chi connectivity index (χ0n) is 7.68. The molecule has 0 aliphatic heterocycles. The predicted octanol–water partition coefficient (Wildman–Crippen LogP) is 4.24. The zero-order valence-corrected chi connectivity index (χ0v) is 9.83. The molecule has 0 saturated heterocycles. The molecule has 2 rings (SSSR count). The molecular weight excluding hydrogens is 309 g/mol. The van der Waals surface area contributed by atoms with Crippen molar-refractivity contribution in [3.8, 4) is 11.1 Å². The van der Waals surface area contributed by atoms with Gasteiger partial charge >= 0.3 is 0 Å². The minimum Gasteiger partial charge on any atom is -0.206 e. The summed E-state index contributed by atoms with van der Waals surface area (Å²) in [6.07, 6.45) is 0. The van der Waals surface area contributed by atoms with E-state index in [0.717, 1.165) is 0 Å². The van der Waals surface area contributed by atoms with Crippen LogP contribution in [0.1, 0.15) is 0 Å². The summed E-state index contributed by atoms with van der Waals surface area (Å²) in [5, 5.41) is 0. The van der Waals surface area contributed by atoms with Crippen molar-refractivity contribution in [1.82, 2.24) is 0 Å². The molecule has 0 aliphatic rings. The van der Waals surface area contributed by atoms with Crippen molar-refractivity contribution in [2.24, 2.45) is 0 Å². The van der Waals surface area contributed by atoms with Crippen molar-refractivity contribution in [3.05, 3.63) is 57.7 Å². The average molecular weight is 316 g/mol. The fraction of sp³-hybridized carbons (Fsp3) is 0. The van der Waals surface area contributed by atoms with Crippen LogP contribution >= 0.6 is 22.6 Å². The Bertz CT molecular complexity index is 495. The van der Waals surface area contributed by atoms with Gasteiger partial charge in [0.2, 0.25) is 0 Å². The third-order valence-corrected chi connectivity index (χ3v) is 2.95. The molecule has 0 atom stereocenters. The number of rotatable bonds is 1. The fourth-order valence-electron chi connectivity index (χ4n) is 1.39. The van der Waals surface area contributed by atoms with Gasteiger partial charge in [0.05, 0.1) is 0 Å². The van der Waals surface area contributed by atoms with Crippen LogP contribution in [-0.2, 0) is 0 Å². The molecule has 0 heterocycles. The Morgan fingerprint density at radius 3 is 2.20 bits per heavy atom. The van der Waals surface area contributed by atoms with E-state index in [2.05, 4.69) is 0 Å². The Kier molecular flexibility index (Phi) is 3.00. The molecule has 3 heteroatoms. The van der Waals surface area contributed by atoms with Gasteiger partial charge in [-0.3, -0.25) is 0 Å². The summed E-state index contributed by atoms with van der Waals surface area (Å²) in [5.41, 5.74) is 0.605. The summed E-state index contributed by atoms with van der Waals surface area (Å²) >= 11 is 1.89. The zero-order chi connectivity index (χ0) is 10.8. The molecular formula is C12H7F2I. The van der Waals surface area contributed by atoms with E-state index >= 15 is 0 Å². The Morgan fingerprint density at radius 2 is 1.47 bits per heavy atom. The van der Waals surface area contributed by atoms with Crippen LogP contribution in [0.4, 0.5) is 8.78 Å². The van der Waals surface area contributed by atoms with Gasteiger partial charge in [0.1, 0.15) is 11.6 Å². The molecule has 0 nitrogen and oxygen atoms in total. The molecule has 0 saturated carbocycles. The van der Waals surface area contributed by atoms with E-state index in [9.17, 15) is 8.78 Å². The maximum Gasteiger partial charge on any atom is 0.144 e. The highest BCUT2D eigenvalue weighted by Crippen LogP contribution is 2.27. The van der Waals surface area contributed by atoms with E-state index in [1.54, 1.807) is 36.4 Å². The number of benzene rings is 2. The number of hydrogen-bond donors (Lipinski definition) is 0. The van der Waals surface area contributed by atoms with Gasteiger partial charge in [0.25, 0.3) is 0 Å². The van der Waals surface area contributed by atoms with Gasteiger partial charge in [-0.1, -0.05) is 30.3 Å². The molecule has 2 aromatic carbocycles. The van der Waals surface area contributed by atoms with Gasteiger partial charge in [0.15, 0.2) is 0 Å². The molecule has 0 aliphatic carbocycles. The highest BCUT2D eigenvalue weighted by molar-refractivity contribution is 14.1. The van der Waals surface area contributed by atoms with Crippen molar-refractivity contribution in [1.29, 1.82) is 0 Å². The molecule has 15 heavy (non-hydrogen) atoms. The quantitative estimate of drug-likeness (QED) is 0.691. The van der Waals surface area contributed by atoms with Crippen LogP contribution in [0.3, 0.4) is 0 Å². The fourth-order valence-corrected chi connectivity index (χ4v) is 1.89. The van der Waals surface area contributed by atoms with Crippen molar-refractivity contribution >= 4 is 22.6 Å². The molecule has 2 aromatic rings. The Hall–Kier alpha value is -0.970. The summed E-state index contributed by atoms with van der Waals surface area (Å²) < 4.78 is 27.6. The second-order valence-corrected chi connectivity index (χ2v) is 4.24. The maximum absolute atomic E-state index is 13.7. The van der Waals surface area contributed by atoms with Crippen LogP contribution in [0, 0.1) is 15.2 Å². The average Bonchev–Trinajstić information content (AvgIpc) is 2.23. The van der Waals surface area contributed by atoms with Gasteiger partial charge in [-0.15, -0.1) is 0 Å². The van der Waals surface area contributed by atoms with Crippen LogP contribution in [0.5, 0.6) is 0 Å². The lowest BCUT2D eigenvalue weighted by Crippen LogP contribution is -1.90. The van der Waals surface area contributed by atoms with Crippen LogP contribution in [0.15, 0.2) is 42.5 Å². The lowest BCUT2D eigenvalue weighted by Gasteiger charge is -2.05. The third kappa shape index (κ3) is 2.02. The van der Waals surface area contributed by atoms with Gasteiger partial charge in [-0.25, -0.2) is 8.78 Å². The summed E-state index contributed by atoms with van der Waals surface area (Å²) in [4.78, 5) is 0. The number of halogens is 3. The second kappa shape index (κ2) is 4.26. The maximum atomic E-state index is 13.7. The SMILES string of the molecule is Fc1ccccc1-c1cccc(I)c1F. The Balaban J connectivity index is 2.65. The minimum atomic E-state index is -0.404. The highest BCUT2D eigenvalue weighted by Gasteiger charge is 2.10. The van der Waals surface area contributed by atoms with Gasteiger partial charge in [-0.05, 0) is 34.7 Å². The van der Waals surface area contributed by atoms with E-state index in [1.807, 2.05) is 22.6 Å². The molecule has 0 N–H and O–H groups in total. The smallest absolute Gasteiger partial charge is 0.144 e. The first-order valence-corrected chi connectivity index (χ1v) is 5.47. The normalized spacial score (nSPS) is 10.3. The third-order valence-electron chi connectivity index (χ3n) is 2.12. The molecule has 0 aromatic heterocycles. The Morgan fingerprint density at radius 1 is 0.800 bits per heavy atom. The monoisotopic (exact) mass is 316 g/mol. The van der Waals surface area contributed by atoms with E-state index in [4.69, 9.17) is 0 Å². The molecule has 0 radical (unpaired) electrons. The van der Waals surface area contributed by atoms with Crippen molar-refractivity contribution in [2.75, 3.05) is 0 Å². The molecule has 0 unspecified atom stereocenters. The second-order valence-electron chi connectivity index (χ2n) is 3.08. The van der Waals surface area contributed by atoms with Crippen molar-refractivity contribution in [3.63, 3.8) is 0 Å². The van der Waals surface area contributed by atoms with Crippen LogP contribution in [0.2, 0.25) is 0 Å². The lowest BCUT2D eigenvalue weighted by atomic mass is 10.0. The van der Waals surface area contributed by atoms with Gasteiger partial charge in [0, 0.05) is 14.7 Å². The first-order chi connectivity index (χ1) is 7.20. The van der Waals surface area contributed by atoms with Crippen LogP contribution < -0.4 is 0 Å². The molecule has 0 amide bonds. The largest absolute Gasteiger partial charge is 0.206 e. The first-order valence-electron chi connectivity index (χ1n) is 4.39. The molecule has 76 valence electrons. The number of hydrogen-bond acceptors (Lipinski definition) is 0. The highest BCUT2D eigenvalue weighted by atomic mass is 127. The lowest BCUT2D eigenvalue weighted by molar-refractivity contribution is 0.612.